The standard InChI is InChI=1S/C13H14BrN3O2S/c1-17(6-8-5-10(14)20-7-8)12-11(15)9(3-4-16-12)13(18)19-2/h3-5,7H,6,15H2,1-2H3. The summed E-state index contributed by atoms with van der Waals surface area (Å²) >= 11 is 5.05. The van der Waals surface area contributed by atoms with Crippen LogP contribution >= 0.6 is 27.3 Å². The molecular formula is C13H14BrN3O2S. The number of hydrogen-bond acceptors (Lipinski definition) is 6. The lowest BCUT2D eigenvalue weighted by molar-refractivity contribution is 0.0602. The highest BCUT2D eigenvalue weighted by Crippen LogP contribution is 2.27. The van der Waals surface area contributed by atoms with Gasteiger partial charge in [0.1, 0.15) is 0 Å². The van der Waals surface area contributed by atoms with Crippen molar-refractivity contribution in [2.45, 2.75) is 6.54 Å². The van der Waals surface area contributed by atoms with Crippen LogP contribution < -0.4 is 10.6 Å². The van der Waals surface area contributed by atoms with Gasteiger partial charge in [0.2, 0.25) is 0 Å². The van der Waals surface area contributed by atoms with Crippen LogP contribution in [0.25, 0.3) is 0 Å². The zero-order valence-electron chi connectivity index (χ0n) is 11.1. The molecule has 0 aromatic carbocycles. The molecule has 0 aliphatic carbocycles. The smallest absolute Gasteiger partial charge is 0.340 e. The van der Waals surface area contributed by atoms with Gasteiger partial charge in [-0.3, -0.25) is 0 Å². The molecule has 0 fully saturated rings. The number of nitrogen functional groups attached to an aromatic ring is 1. The number of halogens is 1. The number of methoxy groups -OCH3 is 1. The minimum atomic E-state index is -0.460. The zero-order chi connectivity index (χ0) is 14.7. The van der Waals surface area contributed by atoms with E-state index in [9.17, 15) is 4.79 Å². The molecule has 0 saturated carbocycles. The Hall–Kier alpha value is -1.60. The summed E-state index contributed by atoms with van der Waals surface area (Å²) in [5.74, 6) is 0.105. The number of pyridine rings is 1. The van der Waals surface area contributed by atoms with Crippen LogP contribution in [0.2, 0.25) is 0 Å². The van der Waals surface area contributed by atoms with Gasteiger partial charge in [-0.1, -0.05) is 0 Å². The Morgan fingerprint density at radius 2 is 2.35 bits per heavy atom. The third-order valence-corrected chi connectivity index (χ3v) is 4.33. The molecule has 0 aliphatic heterocycles. The Morgan fingerprint density at radius 1 is 1.60 bits per heavy atom. The summed E-state index contributed by atoms with van der Waals surface area (Å²) in [4.78, 5) is 17.8. The van der Waals surface area contributed by atoms with Crippen molar-refractivity contribution in [2.75, 3.05) is 24.8 Å². The molecule has 0 atom stereocenters. The molecule has 2 N–H and O–H groups in total. The van der Waals surface area contributed by atoms with E-state index in [-0.39, 0.29) is 0 Å². The van der Waals surface area contributed by atoms with Crippen molar-refractivity contribution in [1.82, 2.24) is 4.98 Å². The number of ether oxygens (including phenoxy) is 1. The summed E-state index contributed by atoms with van der Waals surface area (Å²) < 4.78 is 5.78. The molecule has 0 unspecified atom stereocenters. The van der Waals surface area contributed by atoms with E-state index >= 15 is 0 Å². The van der Waals surface area contributed by atoms with E-state index in [1.54, 1.807) is 23.6 Å². The second-order valence-electron chi connectivity index (χ2n) is 4.20. The van der Waals surface area contributed by atoms with Crippen LogP contribution in [0.4, 0.5) is 11.5 Å². The Morgan fingerprint density at radius 3 is 2.95 bits per heavy atom. The third-order valence-electron chi connectivity index (χ3n) is 2.78. The first kappa shape index (κ1) is 14.8. The van der Waals surface area contributed by atoms with E-state index < -0.39 is 5.97 Å². The van der Waals surface area contributed by atoms with E-state index in [2.05, 4.69) is 26.3 Å². The van der Waals surface area contributed by atoms with Crippen LogP contribution in [-0.2, 0) is 11.3 Å². The van der Waals surface area contributed by atoms with Crippen LogP contribution in [0.3, 0.4) is 0 Å². The lowest BCUT2D eigenvalue weighted by atomic mass is 10.2. The van der Waals surface area contributed by atoms with Gasteiger partial charge in [0.05, 0.1) is 22.1 Å². The molecule has 0 radical (unpaired) electrons. The van der Waals surface area contributed by atoms with Gasteiger partial charge in [-0.2, -0.15) is 0 Å². The molecule has 0 spiro atoms. The van der Waals surface area contributed by atoms with Gasteiger partial charge in [-0.25, -0.2) is 9.78 Å². The Bertz CT molecular complexity index is 630. The number of aromatic nitrogens is 1. The number of nitrogens with zero attached hydrogens (tertiary/aromatic N) is 2. The fraction of sp³-hybridized carbons (Fsp3) is 0.231. The molecule has 0 saturated heterocycles. The molecular weight excluding hydrogens is 342 g/mol. The van der Waals surface area contributed by atoms with Crippen molar-refractivity contribution in [2.24, 2.45) is 0 Å². The first-order valence-electron chi connectivity index (χ1n) is 5.79. The zero-order valence-corrected chi connectivity index (χ0v) is 13.5. The number of anilines is 2. The highest BCUT2D eigenvalue weighted by Gasteiger charge is 2.16. The molecule has 0 aliphatic rings. The number of carbonyl (C=O) groups excluding carboxylic acids is 1. The Kier molecular flexibility index (Phi) is 4.61. The molecule has 5 nitrogen and oxygen atoms in total. The predicted molar refractivity (Wildman–Crippen MR) is 84.1 cm³/mol. The lowest BCUT2D eigenvalue weighted by Gasteiger charge is -2.20. The summed E-state index contributed by atoms with van der Waals surface area (Å²) in [6.07, 6.45) is 1.55. The molecule has 106 valence electrons. The molecule has 2 aromatic heterocycles. The third kappa shape index (κ3) is 3.10. The summed E-state index contributed by atoms with van der Waals surface area (Å²) in [5.41, 5.74) is 7.81. The molecule has 7 heteroatoms. The van der Waals surface area contributed by atoms with Crippen LogP contribution in [-0.4, -0.2) is 25.1 Å². The number of nitrogens with two attached hydrogens (primary N) is 1. The van der Waals surface area contributed by atoms with Crippen molar-refractivity contribution in [3.63, 3.8) is 0 Å². The summed E-state index contributed by atoms with van der Waals surface area (Å²) in [5, 5.41) is 2.06. The normalized spacial score (nSPS) is 10.3. The van der Waals surface area contributed by atoms with Crippen LogP contribution in [0.5, 0.6) is 0 Å². The van der Waals surface area contributed by atoms with E-state index in [0.29, 0.717) is 23.6 Å². The van der Waals surface area contributed by atoms with Crippen molar-refractivity contribution < 1.29 is 9.53 Å². The number of rotatable bonds is 4. The van der Waals surface area contributed by atoms with Gasteiger partial charge in [0.25, 0.3) is 0 Å². The number of esters is 1. The first-order valence-corrected chi connectivity index (χ1v) is 7.47. The van der Waals surface area contributed by atoms with Gasteiger partial charge in [-0.15, -0.1) is 11.3 Å². The molecule has 2 heterocycles. The fourth-order valence-electron chi connectivity index (χ4n) is 1.83. The minimum Gasteiger partial charge on any atom is -0.465 e. The Balaban J connectivity index is 2.26. The fourth-order valence-corrected chi connectivity index (χ4v) is 3.03. The topological polar surface area (TPSA) is 68.5 Å². The summed E-state index contributed by atoms with van der Waals surface area (Å²) in [7, 11) is 3.21. The van der Waals surface area contributed by atoms with E-state index in [1.165, 1.54) is 7.11 Å². The van der Waals surface area contributed by atoms with E-state index in [1.807, 2.05) is 18.0 Å². The monoisotopic (exact) mass is 355 g/mol. The van der Waals surface area contributed by atoms with Gasteiger partial charge in [0.15, 0.2) is 5.82 Å². The van der Waals surface area contributed by atoms with E-state index in [0.717, 1.165) is 9.35 Å². The van der Waals surface area contributed by atoms with Crippen LogP contribution in [0.1, 0.15) is 15.9 Å². The van der Waals surface area contributed by atoms with Crippen LogP contribution in [0, 0.1) is 0 Å². The highest BCUT2D eigenvalue weighted by molar-refractivity contribution is 9.11. The highest BCUT2D eigenvalue weighted by atomic mass is 79.9. The maximum atomic E-state index is 11.6. The molecule has 0 bridgehead atoms. The molecule has 20 heavy (non-hydrogen) atoms. The Labute approximate surface area is 129 Å². The predicted octanol–water partition coefficient (Wildman–Crippen LogP) is 2.91. The first-order chi connectivity index (χ1) is 9.52. The maximum absolute atomic E-state index is 11.6. The SMILES string of the molecule is COC(=O)c1ccnc(N(C)Cc2csc(Br)c2)c1N. The second-order valence-corrected chi connectivity index (χ2v) is 6.49. The van der Waals surface area contributed by atoms with Gasteiger partial charge in [-0.05, 0) is 39.0 Å². The number of thiophene rings is 1. The average Bonchev–Trinajstić information content (AvgIpc) is 2.83. The van der Waals surface area contributed by atoms with E-state index in [4.69, 9.17) is 10.5 Å². The van der Waals surface area contributed by atoms with Crippen molar-refractivity contribution in [3.05, 3.63) is 38.6 Å². The van der Waals surface area contributed by atoms with Crippen molar-refractivity contribution >= 4 is 44.7 Å². The van der Waals surface area contributed by atoms with Crippen molar-refractivity contribution in [1.29, 1.82) is 0 Å². The molecule has 2 aromatic rings. The second kappa shape index (κ2) is 6.23. The van der Waals surface area contributed by atoms with Gasteiger partial charge < -0.3 is 15.4 Å². The number of carbonyl (C=O) groups is 1. The van der Waals surface area contributed by atoms with Gasteiger partial charge >= 0.3 is 5.97 Å². The largest absolute Gasteiger partial charge is 0.465 e. The lowest BCUT2D eigenvalue weighted by Crippen LogP contribution is -2.20. The summed E-state index contributed by atoms with van der Waals surface area (Å²) in [6, 6.07) is 3.60. The maximum Gasteiger partial charge on any atom is 0.340 e. The van der Waals surface area contributed by atoms with Gasteiger partial charge in [0, 0.05) is 19.8 Å². The average molecular weight is 356 g/mol. The molecule has 2 rings (SSSR count). The van der Waals surface area contributed by atoms with Crippen LogP contribution in [0.15, 0.2) is 27.5 Å². The minimum absolute atomic E-state index is 0.329. The van der Waals surface area contributed by atoms with Crippen molar-refractivity contribution in [3.8, 4) is 0 Å². The number of hydrogen-bond donors (Lipinski definition) is 1. The summed E-state index contributed by atoms with van der Waals surface area (Å²) in [6.45, 7) is 0.657. The molecule has 0 amide bonds. The quantitative estimate of drug-likeness (QED) is 0.854.